The Morgan fingerprint density at radius 2 is 1.90 bits per heavy atom. The van der Waals surface area contributed by atoms with Gasteiger partial charge in [-0.2, -0.15) is 0 Å². The van der Waals surface area contributed by atoms with Gasteiger partial charge in [0.1, 0.15) is 5.60 Å². The molecule has 1 aromatic carbocycles. The van der Waals surface area contributed by atoms with E-state index in [1.165, 1.54) is 0 Å². The topological polar surface area (TPSA) is 55.7 Å². The minimum absolute atomic E-state index is 0.0662. The van der Waals surface area contributed by atoms with Crippen molar-refractivity contribution in [1.29, 1.82) is 0 Å². The average molecular weight is 334 g/mol. The van der Waals surface area contributed by atoms with Crippen LogP contribution in [0, 0.1) is 0 Å². The molecule has 1 aliphatic rings. The van der Waals surface area contributed by atoms with Crippen LogP contribution in [0.25, 0.3) is 4.91 Å². The van der Waals surface area contributed by atoms with Gasteiger partial charge in [-0.05, 0) is 26.0 Å². The van der Waals surface area contributed by atoms with Crippen LogP contribution in [0.5, 0.6) is 0 Å². The first-order valence-electron chi connectivity index (χ1n) is 5.78. The Morgan fingerprint density at radius 1 is 1.35 bits per heavy atom. The molecule has 0 unspecified atom stereocenters. The van der Waals surface area contributed by atoms with Crippen LogP contribution in [0.2, 0.25) is 10.0 Å². The summed E-state index contributed by atoms with van der Waals surface area (Å²) in [5.74, 6) is 0. The molecule has 0 bridgehead atoms. The Kier molecular flexibility index (Phi) is 3.88. The SMILES string of the molecule is C=C(c1c(Cl)cccc1Cl)S(=O)(=O)C1=NOC(C)(C)C1. The van der Waals surface area contributed by atoms with Gasteiger partial charge in [0.2, 0.25) is 9.84 Å². The molecule has 1 aromatic rings. The summed E-state index contributed by atoms with van der Waals surface area (Å²) >= 11 is 12.0. The number of benzene rings is 1. The molecular formula is C13H13Cl2NO3S. The monoisotopic (exact) mass is 333 g/mol. The van der Waals surface area contributed by atoms with Crippen molar-refractivity contribution in [3.05, 3.63) is 40.4 Å². The number of hydrogen-bond donors (Lipinski definition) is 0. The zero-order valence-electron chi connectivity index (χ0n) is 11.0. The summed E-state index contributed by atoms with van der Waals surface area (Å²) in [4.78, 5) is 4.91. The summed E-state index contributed by atoms with van der Waals surface area (Å²) in [5.41, 5.74) is -0.448. The van der Waals surface area contributed by atoms with Gasteiger partial charge in [0.25, 0.3) is 0 Å². The highest BCUT2D eigenvalue weighted by Gasteiger charge is 2.38. The maximum Gasteiger partial charge on any atom is 0.223 e. The first-order valence-corrected chi connectivity index (χ1v) is 8.02. The predicted octanol–water partition coefficient (Wildman–Crippen LogP) is 3.89. The summed E-state index contributed by atoms with van der Waals surface area (Å²) in [7, 11) is -3.85. The number of nitrogens with zero attached hydrogens (tertiary/aromatic N) is 1. The minimum Gasteiger partial charge on any atom is -0.389 e. The van der Waals surface area contributed by atoms with E-state index in [-0.39, 0.29) is 32.0 Å². The lowest BCUT2D eigenvalue weighted by Gasteiger charge is -2.14. The smallest absolute Gasteiger partial charge is 0.223 e. The molecule has 1 aliphatic heterocycles. The van der Waals surface area contributed by atoms with Gasteiger partial charge in [0.15, 0.2) is 5.04 Å². The molecule has 0 saturated heterocycles. The Labute approximate surface area is 127 Å². The molecule has 0 saturated carbocycles. The lowest BCUT2D eigenvalue weighted by atomic mass is 10.1. The molecule has 108 valence electrons. The van der Waals surface area contributed by atoms with E-state index in [4.69, 9.17) is 28.0 Å². The summed E-state index contributed by atoms with van der Waals surface area (Å²) < 4.78 is 25.0. The Balaban J connectivity index is 2.44. The second kappa shape index (κ2) is 5.06. The second-order valence-electron chi connectivity index (χ2n) is 5.04. The summed E-state index contributed by atoms with van der Waals surface area (Å²) in [5, 5.41) is 4.03. The maximum absolute atomic E-state index is 12.5. The van der Waals surface area contributed by atoms with E-state index in [1.807, 2.05) is 0 Å². The molecule has 0 N–H and O–H groups in total. The summed E-state index contributed by atoms with van der Waals surface area (Å²) in [6.45, 7) is 7.13. The third-order valence-electron chi connectivity index (χ3n) is 2.85. The zero-order valence-corrected chi connectivity index (χ0v) is 13.3. The molecule has 2 rings (SSSR count). The molecule has 0 aromatic heterocycles. The van der Waals surface area contributed by atoms with Crippen LogP contribution in [-0.2, 0) is 14.7 Å². The van der Waals surface area contributed by atoms with Crippen molar-refractivity contribution in [3.8, 4) is 0 Å². The van der Waals surface area contributed by atoms with E-state index in [2.05, 4.69) is 11.7 Å². The number of oxime groups is 1. The minimum atomic E-state index is -3.85. The summed E-state index contributed by atoms with van der Waals surface area (Å²) in [6, 6.07) is 4.74. The fourth-order valence-corrected chi connectivity index (χ4v) is 3.97. The van der Waals surface area contributed by atoms with E-state index in [9.17, 15) is 8.42 Å². The number of halogens is 2. The molecule has 0 amide bonds. The molecule has 7 heteroatoms. The Morgan fingerprint density at radius 3 is 2.35 bits per heavy atom. The van der Waals surface area contributed by atoms with Crippen LogP contribution in [0.15, 0.2) is 29.9 Å². The number of rotatable bonds is 2. The van der Waals surface area contributed by atoms with Crippen LogP contribution in [0.4, 0.5) is 0 Å². The van der Waals surface area contributed by atoms with Crippen LogP contribution in [0.1, 0.15) is 25.8 Å². The average Bonchev–Trinajstić information content (AvgIpc) is 2.70. The zero-order chi connectivity index (χ0) is 15.1. The van der Waals surface area contributed by atoms with Crippen LogP contribution >= 0.6 is 23.2 Å². The van der Waals surface area contributed by atoms with Gasteiger partial charge in [0.05, 0.1) is 15.0 Å². The first kappa shape index (κ1) is 15.4. The number of hydrogen-bond acceptors (Lipinski definition) is 4. The normalized spacial score (nSPS) is 17.5. The lowest BCUT2D eigenvalue weighted by Crippen LogP contribution is -2.22. The van der Waals surface area contributed by atoms with E-state index >= 15 is 0 Å². The molecule has 0 spiro atoms. The molecular weight excluding hydrogens is 321 g/mol. The van der Waals surface area contributed by atoms with Crippen molar-refractivity contribution in [2.45, 2.75) is 25.9 Å². The van der Waals surface area contributed by atoms with Crippen molar-refractivity contribution in [2.75, 3.05) is 0 Å². The van der Waals surface area contributed by atoms with Crippen molar-refractivity contribution >= 4 is 43.0 Å². The van der Waals surface area contributed by atoms with Gasteiger partial charge in [0, 0.05) is 12.0 Å². The molecule has 4 nitrogen and oxygen atoms in total. The lowest BCUT2D eigenvalue weighted by molar-refractivity contribution is 0.0123. The first-order chi connectivity index (χ1) is 9.15. The Hall–Kier alpha value is -1.04. The molecule has 0 aliphatic carbocycles. The van der Waals surface area contributed by atoms with E-state index in [1.54, 1.807) is 32.0 Å². The van der Waals surface area contributed by atoms with Crippen molar-refractivity contribution in [3.63, 3.8) is 0 Å². The summed E-state index contributed by atoms with van der Waals surface area (Å²) in [6.07, 6.45) is 0.177. The molecule has 20 heavy (non-hydrogen) atoms. The van der Waals surface area contributed by atoms with Crippen LogP contribution in [0.3, 0.4) is 0 Å². The maximum atomic E-state index is 12.5. The third kappa shape index (κ3) is 2.71. The predicted molar refractivity (Wildman–Crippen MR) is 81.6 cm³/mol. The molecule has 1 heterocycles. The van der Waals surface area contributed by atoms with Gasteiger partial charge < -0.3 is 4.84 Å². The third-order valence-corrected chi connectivity index (χ3v) is 5.17. The highest BCUT2D eigenvalue weighted by molar-refractivity contribution is 8.14. The van der Waals surface area contributed by atoms with Crippen molar-refractivity contribution < 1.29 is 13.3 Å². The number of sulfone groups is 1. The fourth-order valence-electron chi connectivity index (χ4n) is 1.79. The van der Waals surface area contributed by atoms with Crippen molar-refractivity contribution in [1.82, 2.24) is 0 Å². The second-order valence-corrected chi connectivity index (χ2v) is 7.82. The van der Waals surface area contributed by atoms with Gasteiger partial charge in [-0.15, -0.1) is 0 Å². The quantitative estimate of drug-likeness (QED) is 0.824. The highest BCUT2D eigenvalue weighted by atomic mass is 35.5. The molecule has 0 radical (unpaired) electrons. The molecule has 0 fully saturated rings. The van der Waals surface area contributed by atoms with E-state index < -0.39 is 15.4 Å². The van der Waals surface area contributed by atoms with E-state index in [0.29, 0.717) is 0 Å². The van der Waals surface area contributed by atoms with Gasteiger partial charge in [-0.1, -0.05) is 41.0 Å². The molecule has 0 atom stereocenters. The van der Waals surface area contributed by atoms with Crippen LogP contribution in [-0.4, -0.2) is 19.1 Å². The standard InChI is InChI=1S/C13H13Cl2NO3S/c1-8(12-9(14)5-4-6-10(12)15)20(17,18)11-7-13(2,3)19-16-11/h4-6H,1,7H2,2-3H3. The van der Waals surface area contributed by atoms with Gasteiger partial charge >= 0.3 is 0 Å². The highest BCUT2D eigenvalue weighted by Crippen LogP contribution is 2.36. The van der Waals surface area contributed by atoms with Crippen LogP contribution < -0.4 is 0 Å². The fraction of sp³-hybridized carbons (Fsp3) is 0.308. The Bertz CT molecular complexity index is 688. The van der Waals surface area contributed by atoms with Crippen molar-refractivity contribution in [2.24, 2.45) is 5.16 Å². The van der Waals surface area contributed by atoms with Gasteiger partial charge in [-0.3, -0.25) is 0 Å². The largest absolute Gasteiger partial charge is 0.389 e. The van der Waals surface area contributed by atoms with E-state index in [0.717, 1.165) is 0 Å². The van der Waals surface area contributed by atoms with Gasteiger partial charge in [-0.25, -0.2) is 8.42 Å².